The highest BCUT2D eigenvalue weighted by Gasteiger charge is 2.20. The fourth-order valence-electron chi connectivity index (χ4n) is 8.51. The fraction of sp³-hybridized carbons (Fsp3) is 0. The number of anilines is 6. The van der Waals surface area contributed by atoms with Crippen molar-refractivity contribution in [2.24, 2.45) is 0 Å². The van der Waals surface area contributed by atoms with Crippen LogP contribution in [0.15, 0.2) is 179 Å². The second kappa shape index (κ2) is 14.2. The summed E-state index contributed by atoms with van der Waals surface area (Å²) in [7, 11) is 0. The normalized spacial score (nSPS) is 11.2. The first-order chi connectivity index (χ1) is 30.5. The molecule has 11 rings (SSSR count). The number of benzene rings is 9. The average molecular weight is 793 g/mol. The highest BCUT2D eigenvalue weighted by atomic mass is 16.3. The molecule has 0 bridgehead atoms. The molecular weight excluding hydrogens is 765 g/mol. The van der Waals surface area contributed by atoms with Crippen molar-refractivity contribution in [1.29, 1.82) is 21.0 Å². The molecule has 2 heterocycles. The Morgan fingerprint density at radius 2 is 0.597 bits per heavy atom. The van der Waals surface area contributed by atoms with E-state index in [0.29, 0.717) is 22.3 Å². The van der Waals surface area contributed by atoms with E-state index < -0.39 is 0 Å². The van der Waals surface area contributed by atoms with E-state index in [4.69, 9.17) is 8.83 Å². The zero-order valence-corrected chi connectivity index (χ0v) is 32.7. The quantitative estimate of drug-likeness (QED) is 0.163. The van der Waals surface area contributed by atoms with Gasteiger partial charge in [0.25, 0.3) is 0 Å². The molecule has 0 N–H and O–H groups in total. The van der Waals surface area contributed by atoms with Crippen LogP contribution < -0.4 is 9.80 Å². The van der Waals surface area contributed by atoms with Crippen LogP contribution in [0, 0.1) is 45.3 Å². The van der Waals surface area contributed by atoms with Crippen molar-refractivity contribution in [3.8, 4) is 24.3 Å². The van der Waals surface area contributed by atoms with E-state index in [1.165, 1.54) is 0 Å². The smallest absolute Gasteiger partial charge is 0.143 e. The number of hydrogen-bond acceptors (Lipinski definition) is 8. The molecule has 0 saturated heterocycles. The molecule has 0 aliphatic carbocycles. The van der Waals surface area contributed by atoms with Gasteiger partial charge in [-0.25, -0.2) is 0 Å². The molecule has 11 aromatic rings. The van der Waals surface area contributed by atoms with Gasteiger partial charge < -0.3 is 18.6 Å². The molecule has 0 radical (unpaired) electrons. The Labute approximate surface area is 354 Å². The monoisotopic (exact) mass is 792 g/mol. The third-order valence-corrected chi connectivity index (χ3v) is 11.5. The van der Waals surface area contributed by atoms with E-state index in [0.717, 1.165) is 99.5 Å². The van der Waals surface area contributed by atoms with E-state index in [1.54, 1.807) is 48.5 Å². The number of hydrogen-bond donors (Lipinski definition) is 0. The molecule has 2 aromatic heterocycles. The molecule has 0 aliphatic heterocycles. The second-order valence-corrected chi connectivity index (χ2v) is 15.0. The first kappa shape index (κ1) is 35.8. The standard InChI is InChI=1S/C54H28N6O2/c55-29-33-1-11-39(12-2-33)59(40-13-3-34(30-56)4-14-40)43-19-23-45-37(25-43)9-21-47-49-27-50-48-22-10-38-26-44(20-24-46(38)54(48)62-52(50)28-51(49)61-53(45)47)60(41-15-5-35(31-57)6-16-41)42-17-7-36(32-58)8-18-42/h1-28H. The molecule has 0 spiro atoms. The lowest BCUT2D eigenvalue weighted by Gasteiger charge is -2.26. The minimum Gasteiger partial charge on any atom is -0.455 e. The van der Waals surface area contributed by atoms with Crippen LogP contribution in [0.2, 0.25) is 0 Å². The lowest BCUT2D eigenvalue weighted by atomic mass is 10.0. The summed E-state index contributed by atoms with van der Waals surface area (Å²) in [6.07, 6.45) is 0. The van der Waals surface area contributed by atoms with Crippen molar-refractivity contribution in [1.82, 2.24) is 0 Å². The SMILES string of the molecule is N#Cc1ccc(N(c2ccc(C#N)cc2)c2ccc3c(ccc4c5cc6c(cc5oc34)oc3c4ccc(N(c5ccc(C#N)cc5)c5ccc(C#N)cc5)cc4ccc63)c2)cc1. The van der Waals surface area contributed by atoms with Crippen LogP contribution in [-0.2, 0) is 0 Å². The Morgan fingerprint density at radius 1 is 0.290 bits per heavy atom. The topological polar surface area (TPSA) is 128 Å². The Bertz CT molecular complexity index is 3420. The molecular formula is C54H28N6O2. The van der Waals surface area contributed by atoms with Gasteiger partial charge in [0.2, 0.25) is 0 Å². The van der Waals surface area contributed by atoms with Crippen molar-refractivity contribution in [3.05, 3.63) is 192 Å². The molecule has 0 unspecified atom stereocenters. The Kier molecular flexibility index (Phi) is 8.19. The van der Waals surface area contributed by atoms with Crippen LogP contribution in [0.3, 0.4) is 0 Å². The summed E-state index contributed by atoms with van der Waals surface area (Å²) in [5.41, 5.74) is 10.7. The zero-order chi connectivity index (χ0) is 41.9. The summed E-state index contributed by atoms with van der Waals surface area (Å²) < 4.78 is 13.3. The van der Waals surface area contributed by atoms with E-state index >= 15 is 0 Å². The third kappa shape index (κ3) is 5.81. The minimum atomic E-state index is 0.576. The maximum absolute atomic E-state index is 9.43. The largest absolute Gasteiger partial charge is 0.455 e. The molecule has 0 fully saturated rings. The second-order valence-electron chi connectivity index (χ2n) is 15.0. The number of fused-ring (bicyclic) bond motifs is 10. The zero-order valence-electron chi connectivity index (χ0n) is 32.7. The van der Waals surface area contributed by atoms with E-state index in [-0.39, 0.29) is 0 Å². The molecule has 8 nitrogen and oxygen atoms in total. The van der Waals surface area contributed by atoms with Gasteiger partial charge in [-0.2, -0.15) is 21.0 Å². The first-order valence-corrected chi connectivity index (χ1v) is 19.8. The number of nitriles is 4. The lowest BCUT2D eigenvalue weighted by Crippen LogP contribution is -2.09. The van der Waals surface area contributed by atoms with Gasteiger partial charge in [-0.1, -0.05) is 12.1 Å². The molecule has 9 aromatic carbocycles. The van der Waals surface area contributed by atoms with Crippen molar-refractivity contribution in [2.45, 2.75) is 0 Å². The van der Waals surface area contributed by atoms with Crippen LogP contribution in [0.25, 0.3) is 65.4 Å². The van der Waals surface area contributed by atoms with Crippen molar-refractivity contribution >= 4 is 99.5 Å². The van der Waals surface area contributed by atoms with Crippen LogP contribution >= 0.6 is 0 Å². The van der Waals surface area contributed by atoms with Crippen LogP contribution in [0.1, 0.15) is 22.3 Å². The first-order valence-electron chi connectivity index (χ1n) is 19.8. The lowest BCUT2D eigenvalue weighted by molar-refractivity contribution is 0.660. The van der Waals surface area contributed by atoms with Crippen LogP contribution in [0.5, 0.6) is 0 Å². The predicted octanol–water partition coefficient (Wildman–Crippen LogP) is 14.2. The average Bonchev–Trinajstić information content (AvgIpc) is 3.89. The van der Waals surface area contributed by atoms with Crippen LogP contribution in [0.4, 0.5) is 34.1 Å². The van der Waals surface area contributed by atoms with Crippen LogP contribution in [-0.4, -0.2) is 0 Å². The summed E-state index contributed by atoms with van der Waals surface area (Å²) in [6, 6.07) is 63.8. The van der Waals surface area contributed by atoms with E-state index in [2.05, 4.69) is 101 Å². The Morgan fingerprint density at radius 3 is 0.919 bits per heavy atom. The molecule has 0 amide bonds. The van der Waals surface area contributed by atoms with Gasteiger partial charge in [0.15, 0.2) is 0 Å². The van der Waals surface area contributed by atoms with Crippen molar-refractivity contribution in [3.63, 3.8) is 0 Å². The van der Waals surface area contributed by atoms with Gasteiger partial charge in [0, 0.05) is 72.5 Å². The summed E-state index contributed by atoms with van der Waals surface area (Å²) in [6.45, 7) is 0. The van der Waals surface area contributed by atoms with Gasteiger partial charge in [0.05, 0.1) is 46.5 Å². The van der Waals surface area contributed by atoms with Crippen molar-refractivity contribution in [2.75, 3.05) is 9.80 Å². The Hall–Kier alpha value is -9.34. The third-order valence-electron chi connectivity index (χ3n) is 11.5. The number of furan rings is 2. The summed E-state index contributed by atoms with van der Waals surface area (Å²) in [5.74, 6) is 0. The summed E-state index contributed by atoms with van der Waals surface area (Å²) in [5, 5.41) is 45.7. The highest BCUT2D eigenvalue weighted by Crippen LogP contribution is 2.44. The fourth-order valence-corrected chi connectivity index (χ4v) is 8.51. The predicted molar refractivity (Wildman–Crippen MR) is 244 cm³/mol. The highest BCUT2D eigenvalue weighted by molar-refractivity contribution is 6.22. The van der Waals surface area contributed by atoms with E-state index in [9.17, 15) is 21.0 Å². The maximum atomic E-state index is 9.43. The molecule has 0 saturated carbocycles. The molecule has 62 heavy (non-hydrogen) atoms. The van der Waals surface area contributed by atoms with Gasteiger partial charge in [-0.15, -0.1) is 0 Å². The van der Waals surface area contributed by atoms with Gasteiger partial charge in [0.1, 0.15) is 22.3 Å². The van der Waals surface area contributed by atoms with E-state index in [1.807, 2.05) is 54.6 Å². The maximum Gasteiger partial charge on any atom is 0.143 e. The number of rotatable bonds is 6. The van der Waals surface area contributed by atoms with Gasteiger partial charge >= 0.3 is 0 Å². The summed E-state index contributed by atoms with van der Waals surface area (Å²) >= 11 is 0. The summed E-state index contributed by atoms with van der Waals surface area (Å²) in [4.78, 5) is 4.21. The van der Waals surface area contributed by atoms with Gasteiger partial charge in [-0.3, -0.25) is 0 Å². The van der Waals surface area contributed by atoms with Crippen molar-refractivity contribution < 1.29 is 8.83 Å². The molecule has 286 valence electrons. The molecule has 0 aliphatic rings. The number of nitrogens with zero attached hydrogens (tertiary/aromatic N) is 6. The molecule has 8 heteroatoms. The van der Waals surface area contributed by atoms with Gasteiger partial charge in [-0.05, 0) is 162 Å². The minimum absolute atomic E-state index is 0.576. The molecule has 0 atom stereocenters. The Balaban J connectivity index is 0.991.